The van der Waals surface area contributed by atoms with Crippen molar-refractivity contribution in [3.63, 3.8) is 0 Å². The first-order valence-electron chi connectivity index (χ1n) is 5.58. The van der Waals surface area contributed by atoms with Crippen LogP contribution in [0.3, 0.4) is 0 Å². The van der Waals surface area contributed by atoms with Crippen molar-refractivity contribution in [2.24, 2.45) is 0 Å². The second-order valence-corrected chi connectivity index (χ2v) is 5.06. The third-order valence-corrected chi connectivity index (χ3v) is 3.43. The molecule has 1 aliphatic rings. The van der Waals surface area contributed by atoms with Gasteiger partial charge in [-0.2, -0.15) is 0 Å². The molecular weight excluding hydrogens is 284 g/mol. The van der Waals surface area contributed by atoms with Crippen LogP contribution in [0.15, 0.2) is 27.1 Å². The van der Waals surface area contributed by atoms with Gasteiger partial charge >= 0.3 is 0 Å². The van der Waals surface area contributed by atoms with Crippen LogP contribution in [-0.2, 0) is 0 Å². The number of rotatable bonds is 2. The lowest BCUT2D eigenvalue weighted by Crippen LogP contribution is -2.30. The molecule has 1 aliphatic heterocycles. The molecule has 1 N–H and O–H groups in total. The zero-order valence-electron chi connectivity index (χ0n) is 9.07. The zero-order chi connectivity index (χ0) is 11.8. The maximum absolute atomic E-state index is 12.1. The first-order valence-corrected chi connectivity index (χ1v) is 6.37. The summed E-state index contributed by atoms with van der Waals surface area (Å²) in [7, 11) is 0. The van der Waals surface area contributed by atoms with E-state index in [0.29, 0.717) is 11.1 Å². The fourth-order valence-corrected chi connectivity index (χ4v) is 2.41. The van der Waals surface area contributed by atoms with E-state index in [1.165, 1.54) is 0 Å². The summed E-state index contributed by atoms with van der Waals surface area (Å²) in [6.07, 6.45) is 1.89. The largest absolute Gasteiger partial charge is 0.434 e. The number of nitrogens with one attached hydrogen (secondary N) is 1. The van der Waals surface area contributed by atoms with Crippen molar-refractivity contribution in [3.05, 3.63) is 28.6 Å². The van der Waals surface area contributed by atoms with Crippen molar-refractivity contribution in [2.45, 2.75) is 18.9 Å². The first kappa shape index (κ1) is 10.9. The summed E-state index contributed by atoms with van der Waals surface area (Å²) in [5, 5.41) is 3.15. The summed E-state index contributed by atoms with van der Waals surface area (Å²) in [6.45, 7) is 0.891. The zero-order valence-corrected chi connectivity index (χ0v) is 10.7. The molecule has 2 heterocycles. The summed E-state index contributed by atoms with van der Waals surface area (Å²) in [4.78, 5) is 16.3. The van der Waals surface area contributed by atoms with Crippen LogP contribution >= 0.6 is 15.9 Å². The van der Waals surface area contributed by atoms with Crippen molar-refractivity contribution in [1.29, 1.82) is 0 Å². The van der Waals surface area contributed by atoms with Crippen molar-refractivity contribution >= 4 is 32.8 Å². The number of hydrogen-bond donors (Lipinski definition) is 1. The molecule has 0 aliphatic carbocycles. The number of nitrogens with zero attached hydrogens (tertiary/aromatic N) is 1. The van der Waals surface area contributed by atoms with Gasteiger partial charge in [-0.15, -0.1) is 0 Å². The lowest BCUT2D eigenvalue weighted by atomic mass is 10.1. The van der Waals surface area contributed by atoms with Gasteiger partial charge in [0.25, 0.3) is 5.89 Å². The van der Waals surface area contributed by atoms with Crippen LogP contribution in [0.4, 0.5) is 0 Å². The molecule has 1 unspecified atom stereocenters. The average Bonchev–Trinajstić information content (AvgIpc) is 2.96. The Kier molecular flexibility index (Phi) is 2.72. The molecular formula is C12H11BrN2O2. The summed E-state index contributed by atoms with van der Waals surface area (Å²) < 4.78 is 6.40. The molecule has 5 heteroatoms. The molecule has 1 atom stereocenters. The minimum Gasteiger partial charge on any atom is -0.434 e. The van der Waals surface area contributed by atoms with Gasteiger partial charge in [0.1, 0.15) is 5.52 Å². The summed E-state index contributed by atoms with van der Waals surface area (Å²) >= 11 is 3.37. The number of fused-ring (bicyclic) bond motifs is 1. The van der Waals surface area contributed by atoms with E-state index in [-0.39, 0.29) is 17.7 Å². The number of benzene rings is 1. The van der Waals surface area contributed by atoms with Crippen molar-refractivity contribution in [3.8, 4) is 0 Å². The Balaban J connectivity index is 1.97. The van der Waals surface area contributed by atoms with E-state index >= 15 is 0 Å². The van der Waals surface area contributed by atoms with Gasteiger partial charge in [-0.3, -0.25) is 4.79 Å². The van der Waals surface area contributed by atoms with Gasteiger partial charge < -0.3 is 9.73 Å². The quantitative estimate of drug-likeness (QED) is 0.865. The maximum Gasteiger partial charge on any atom is 0.265 e. The third-order valence-electron chi connectivity index (χ3n) is 2.94. The lowest BCUT2D eigenvalue weighted by Gasteiger charge is -2.04. The fraction of sp³-hybridized carbons (Fsp3) is 0.333. The number of oxazole rings is 1. The molecule has 4 nitrogen and oxygen atoms in total. The van der Waals surface area contributed by atoms with E-state index in [4.69, 9.17) is 4.42 Å². The van der Waals surface area contributed by atoms with E-state index in [1.54, 1.807) is 0 Å². The normalized spacial score (nSPS) is 19.9. The first-order chi connectivity index (χ1) is 8.24. The molecule has 0 radical (unpaired) electrons. The Labute approximate surface area is 107 Å². The van der Waals surface area contributed by atoms with Crippen molar-refractivity contribution in [2.75, 3.05) is 6.54 Å². The van der Waals surface area contributed by atoms with Crippen LogP contribution in [-0.4, -0.2) is 23.4 Å². The van der Waals surface area contributed by atoms with E-state index in [2.05, 4.69) is 26.2 Å². The summed E-state index contributed by atoms with van der Waals surface area (Å²) in [5.41, 5.74) is 1.36. The third kappa shape index (κ3) is 2.00. The Bertz CT molecular complexity index is 573. The Hall–Kier alpha value is -1.20. The van der Waals surface area contributed by atoms with Crippen LogP contribution in [0, 0.1) is 0 Å². The average molecular weight is 295 g/mol. The van der Waals surface area contributed by atoms with Gasteiger partial charge in [0, 0.05) is 4.47 Å². The molecule has 0 bridgehead atoms. The molecule has 1 saturated heterocycles. The van der Waals surface area contributed by atoms with Crippen LogP contribution in [0.2, 0.25) is 0 Å². The molecule has 0 saturated carbocycles. The van der Waals surface area contributed by atoms with Gasteiger partial charge in [0.05, 0.1) is 6.04 Å². The lowest BCUT2D eigenvalue weighted by molar-refractivity contribution is 0.0920. The Morgan fingerprint density at radius 3 is 3.18 bits per heavy atom. The van der Waals surface area contributed by atoms with Crippen LogP contribution < -0.4 is 5.32 Å². The van der Waals surface area contributed by atoms with Gasteiger partial charge in [-0.05, 0) is 37.6 Å². The van der Waals surface area contributed by atoms with Crippen molar-refractivity contribution < 1.29 is 9.21 Å². The van der Waals surface area contributed by atoms with Crippen molar-refractivity contribution in [1.82, 2.24) is 10.3 Å². The molecule has 1 fully saturated rings. The molecule has 0 spiro atoms. The minimum absolute atomic E-state index is 0.0465. The summed E-state index contributed by atoms with van der Waals surface area (Å²) in [5.74, 6) is 0.160. The minimum atomic E-state index is -0.133. The fourth-order valence-electron chi connectivity index (χ4n) is 2.06. The summed E-state index contributed by atoms with van der Waals surface area (Å²) in [6, 6.07) is 5.39. The number of carbonyl (C=O) groups is 1. The number of Topliss-reactive ketones (excluding diaryl/α,β-unsaturated/α-hetero) is 1. The van der Waals surface area contributed by atoms with E-state index in [1.807, 2.05) is 18.2 Å². The highest BCUT2D eigenvalue weighted by molar-refractivity contribution is 9.10. The van der Waals surface area contributed by atoms with Gasteiger partial charge in [0.2, 0.25) is 5.78 Å². The van der Waals surface area contributed by atoms with E-state index in [9.17, 15) is 4.79 Å². The highest BCUT2D eigenvalue weighted by atomic mass is 79.9. The number of halogens is 1. The number of hydrogen-bond acceptors (Lipinski definition) is 4. The molecule has 2 aromatic rings. The molecule has 3 rings (SSSR count). The number of carbonyl (C=O) groups excluding carboxylic acids is 1. The SMILES string of the molecule is O=C(c1nc2cc(Br)ccc2o1)C1CCCN1. The van der Waals surface area contributed by atoms with Gasteiger partial charge in [-0.25, -0.2) is 4.98 Å². The molecule has 88 valence electrons. The predicted octanol–water partition coefficient (Wildman–Crippen LogP) is 2.52. The standard InChI is InChI=1S/C12H11BrN2O2/c13-7-3-4-10-9(6-7)15-12(17-10)11(16)8-2-1-5-14-8/h3-4,6,8,14H,1-2,5H2. The van der Waals surface area contributed by atoms with Gasteiger partial charge in [-0.1, -0.05) is 15.9 Å². The van der Waals surface area contributed by atoms with E-state index in [0.717, 1.165) is 23.9 Å². The van der Waals surface area contributed by atoms with Crippen LogP contribution in [0.1, 0.15) is 23.5 Å². The Morgan fingerprint density at radius 1 is 1.53 bits per heavy atom. The molecule has 0 amide bonds. The predicted molar refractivity (Wildman–Crippen MR) is 67.1 cm³/mol. The number of ketones is 1. The smallest absolute Gasteiger partial charge is 0.265 e. The molecule has 1 aromatic carbocycles. The van der Waals surface area contributed by atoms with Crippen LogP contribution in [0.5, 0.6) is 0 Å². The maximum atomic E-state index is 12.1. The number of aromatic nitrogens is 1. The monoisotopic (exact) mass is 294 g/mol. The topological polar surface area (TPSA) is 55.1 Å². The second kappa shape index (κ2) is 4.23. The molecule has 1 aromatic heterocycles. The van der Waals surface area contributed by atoms with Crippen LogP contribution in [0.25, 0.3) is 11.1 Å². The second-order valence-electron chi connectivity index (χ2n) is 4.14. The van der Waals surface area contributed by atoms with Gasteiger partial charge in [0.15, 0.2) is 5.58 Å². The Morgan fingerprint density at radius 2 is 2.41 bits per heavy atom. The highest BCUT2D eigenvalue weighted by Crippen LogP contribution is 2.22. The molecule has 17 heavy (non-hydrogen) atoms. The van der Waals surface area contributed by atoms with E-state index < -0.39 is 0 Å². The highest BCUT2D eigenvalue weighted by Gasteiger charge is 2.27.